The average molecular weight is 395 g/mol. The van der Waals surface area contributed by atoms with Crippen molar-refractivity contribution in [3.8, 4) is 23.3 Å². The Morgan fingerprint density at radius 2 is 2.07 bits per heavy atom. The molecule has 1 aliphatic heterocycles. The van der Waals surface area contributed by atoms with Gasteiger partial charge < -0.3 is 14.9 Å². The van der Waals surface area contributed by atoms with Gasteiger partial charge in [0.1, 0.15) is 12.4 Å². The summed E-state index contributed by atoms with van der Waals surface area (Å²) in [5, 5.41) is 15.9. The number of aromatic nitrogens is 2. The van der Waals surface area contributed by atoms with Crippen molar-refractivity contribution in [1.29, 1.82) is 5.26 Å². The van der Waals surface area contributed by atoms with Crippen LogP contribution in [-0.2, 0) is 6.61 Å². The minimum atomic E-state index is -0.978. The van der Waals surface area contributed by atoms with Gasteiger partial charge in [-0.05, 0) is 48.9 Å². The normalized spacial score (nSPS) is 11.8. The summed E-state index contributed by atoms with van der Waals surface area (Å²) in [6, 6.07) is 8.85. The van der Waals surface area contributed by atoms with Crippen molar-refractivity contribution in [2.75, 3.05) is 5.43 Å². The topological polar surface area (TPSA) is 95.0 Å². The molecule has 0 saturated heterocycles. The van der Waals surface area contributed by atoms with Crippen LogP contribution < -0.4 is 20.3 Å². The predicted octanol–water partition coefficient (Wildman–Crippen LogP) is 4.14. The first-order valence-electron chi connectivity index (χ1n) is 8.61. The summed E-state index contributed by atoms with van der Waals surface area (Å²) < 4.78 is 40.0. The van der Waals surface area contributed by atoms with E-state index in [4.69, 9.17) is 14.7 Å². The van der Waals surface area contributed by atoms with Crippen LogP contribution in [0.2, 0.25) is 0 Å². The molecule has 0 atom stereocenters. The lowest BCUT2D eigenvalue weighted by molar-refractivity contribution is 0.278. The fraction of sp³-hybridized carbons (Fsp3) is 0.100. The highest BCUT2D eigenvalue weighted by atomic mass is 19.1. The van der Waals surface area contributed by atoms with E-state index in [1.165, 1.54) is 12.1 Å². The van der Waals surface area contributed by atoms with Crippen LogP contribution in [-0.4, -0.2) is 10.2 Å². The lowest BCUT2D eigenvalue weighted by Gasteiger charge is -2.13. The number of fused-ring (bicyclic) bond motifs is 1. The SMILES string of the molecule is Cc1cc(C#N)cc(Oc2c(F)ccc(OCc3[nH]nc4c3C=CNN4)c2F)c1. The van der Waals surface area contributed by atoms with E-state index in [0.29, 0.717) is 17.1 Å². The first kappa shape index (κ1) is 18.3. The number of H-pyrrole nitrogens is 1. The summed E-state index contributed by atoms with van der Waals surface area (Å²) in [5.74, 6) is -1.90. The van der Waals surface area contributed by atoms with Crippen LogP contribution in [0.15, 0.2) is 36.5 Å². The van der Waals surface area contributed by atoms with E-state index in [2.05, 4.69) is 21.0 Å². The van der Waals surface area contributed by atoms with E-state index in [-0.39, 0.29) is 18.1 Å². The highest BCUT2D eigenvalue weighted by Gasteiger charge is 2.19. The predicted molar refractivity (Wildman–Crippen MR) is 101 cm³/mol. The van der Waals surface area contributed by atoms with E-state index < -0.39 is 17.4 Å². The number of hydrogen-bond donors (Lipinski definition) is 3. The van der Waals surface area contributed by atoms with E-state index in [1.54, 1.807) is 31.3 Å². The molecule has 0 fully saturated rings. The van der Waals surface area contributed by atoms with Gasteiger partial charge in [-0.15, -0.1) is 0 Å². The second-order valence-electron chi connectivity index (χ2n) is 6.29. The van der Waals surface area contributed by atoms with Crippen LogP contribution in [0.25, 0.3) is 6.08 Å². The molecule has 1 aliphatic rings. The summed E-state index contributed by atoms with van der Waals surface area (Å²) in [6.45, 7) is 1.74. The van der Waals surface area contributed by atoms with Gasteiger partial charge >= 0.3 is 0 Å². The molecule has 3 aromatic rings. The smallest absolute Gasteiger partial charge is 0.210 e. The Hall–Kier alpha value is -4.06. The number of aromatic amines is 1. The fourth-order valence-electron chi connectivity index (χ4n) is 2.87. The molecule has 0 spiro atoms. The molecular weight excluding hydrogens is 380 g/mol. The molecule has 9 heteroatoms. The molecular formula is C20H15F2N5O2. The molecule has 3 N–H and O–H groups in total. The van der Waals surface area contributed by atoms with Crippen molar-refractivity contribution in [3.63, 3.8) is 0 Å². The zero-order chi connectivity index (χ0) is 20.4. The molecule has 2 heterocycles. The van der Waals surface area contributed by atoms with Gasteiger partial charge in [0.05, 0.1) is 17.3 Å². The molecule has 4 rings (SSSR count). The first-order valence-corrected chi connectivity index (χ1v) is 8.61. The Bertz CT molecular complexity index is 1150. The second-order valence-corrected chi connectivity index (χ2v) is 6.29. The first-order chi connectivity index (χ1) is 14.0. The van der Waals surface area contributed by atoms with Crippen LogP contribution >= 0.6 is 0 Å². The molecule has 29 heavy (non-hydrogen) atoms. The van der Waals surface area contributed by atoms with Gasteiger partial charge in [-0.25, -0.2) is 4.39 Å². The average Bonchev–Trinajstić information content (AvgIpc) is 3.13. The largest absolute Gasteiger partial charge is 0.484 e. The van der Waals surface area contributed by atoms with Gasteiger partial charge in [0.2, 0.25) is 11.6 Å². The number of nitrogens with zero attached hydrogens (tertiary/aromatic N) is 2. The quantitative estimate of drug-likeness (QED) is 0.601. The molecule has 0 aliphatic carbocycles. The maximum absolute atomic E-state index is 14.9. The molecule has 0 amide bonds. The van der Waals surface area contributed by atoms with E-state index in [0.717, 1.165) is 17.2 Å². The van der Waals surface area contributed by atoms with E-state index in [9.17, 15) is 8.78 Å². The number of aryl methyl sites for hydroxylation is 1. The summed E-state index contributed by atoms with van der Waals surface area (Å²) in [6.07, 6.45) is 3.47. The molecule has 0 unspecified atom stereocenters. The van der Waals surface area contributed by atoms with Crippen molar-refractivity contribution in [1.82, 2.24) is 15.6 Å². The Balaban J connectivity index is 1.57. The van der Waals surface area contributed by atoms with Crippen LogP contribution in [0.3, 0.4) is 0 Å². The number of benzene rings is 2. The number of rotatable bonds is 5. The number of halogens is 2. The van der Waals surface area contributed by atoms with E-state index >= 15 is 0 Å². The highest BCUT2D eigenvalue weighted by Crippen LogP contribution is 2.34. The van der Waals surface area contributed by atoms with Crippen molar-refractivity contribution >= 4 is 11.9 Å². The van der Waals surface area contributed by atoms with Crippen LogP contribution in [0.4, 0.5) is 14.6 Å². The number of ether oxygens (including phenoxy) is 2. The minimum absolute atomic E-state index is 0.0145. The molecule has 0 bridgehead atoms. The molecule has 0 saturated carbocycles. The monoisotopic (exact) mass is 395 g/mol. The van der Waals surface area contributed by atoms with Gasteiger partial charge in [0, 0.05) is 11.8 Å². The zero-order valence-corrected chi connectivity index (χ0v) is 15.2. The van der Waals surface area contributed by atoms with Crippen LogP contribution in [0.5, 0.6) is 17.2 Å². The van der Waals surface area contributed by atoms with Gasteiger partial charge in [-0.2, -0.15) is 14.8 Å². The number of hydrazine groups is 1. The van der Waals surface area contributed by atoms with Crippen molar-refractivity contribution < 1.29 is 18.3 Å². The molecule has 1 aromatic heterocycles. The van der Waals surface area contributed by atoms with Crippen molar-refractivity contribution in [2.45, 2.75) is 13.5 Å². The Morgan fingerprint density at radius 1 is 1.21 bits per heavy atom. The van der Waals surface area contributed by atoms with Crippen LogP contribution in [0.1, 0.15) is 22.4 Å². The van der Waals surface area contributed by atoms with Gasteiger partial charge in [0.25, 0.3) is 0 Å². The van der Waals surface area contributed by atoms with Gasteiger partial charge in [-0.1, -0.05) is 0 Å². The van der Waals surface area contributed by atoms with Gasteiger partial charge in [0.15, 0.2) is 17.4 Å². The Morgan fingerprint density at radius 3 is 2.90 bits per heavy atom. The second kappa shape index (κ2) is 7.52. The molecule has 7 nitrogen and oxygen atoms in total. The summed E-state index contributed by atoms with van der Waals surface area (Å²) in [4.78, 5) is 0. The van der Waals surface area contributed by atoms with Crippen LogP contribution in [0, 0.1) is 29.9 Å². The van der Waals surface area contributed by atoms with E-state index in [1.807, 2.05) is 6.07 Å². The molecule has 146 valence electrons. The summed E-state index contributed by atoms with van der Waals surface area (Å²) >= 11 is 0. The van der Waals surface area contributed by atoms with Crippen molar-refractivity contribution in [3.05, 3.63) is 70.6 Å². The number of hydrogen-bond acceptors (Lipinski definition) is 6. The third kappa shape index (κ3) is 3.68. The Kier molecular flexibility index (Phi) is 4.75. The molecule has 2 aromatic carbocycles. The maximum atomic E-state index is 14.9. The standard InChI is InChI=1S/C20H15F2N5O2/c1-11-6-12(9-23)8-13(7-11)29-19-15(21)2-3-17(18(19)22)28-10-16-14-4-5-24-26-20(14)27-25-16/h2-8,24H,10H2,1H3,(H2,25,26,27). The zero-order valence-electron chi connectivity index (χ0n) is 15.2. The lowest BCUT2D eigenvalue weighted by Crippen LogP contribution is -2.18. The number of anilines is 1. The van der Waals surface area contributed by atoms with Gasteiger partial charge in [-0.3, -0.25) is 10.5 Å². The Labute approximate surface area is 164 Å². The third-order valence-electron chi connectivity index (χ3n) is 4.19. The summed E-state index contributed by atoms with van der Waals surface area (Å²) in [7, 11) is 0. The third-order valence-corrected chi connectivity index (χ3v) is 4.19. The summed E-state index contributed by atoms with van der Waals surface area (Å²) in [5.41, 5.74) is 8.09. The molecule has 0 radical (unpaired) electrons. The van der Waals surface area contributed by atoms with Crippen molar-refractivity contribution in [2.24, 2.45) is 0 Å². The highest BCUT2D eigenvalue weighted by molar-refractivity contribution is 5.67. The lowest BCUT2D eigenvalue weighted by atomic mass is 10.1. The number of nitrogens with one attached hydrogen (secondary N) is 3. The number of nitriles is 1. The maximum Gasteiger partial charge on any atom is 0.210 e. The fourth-order valence-corrected chi connectivity index (χ4v) is 2.87. The minimum Gasteiger partial charge on any atom is -0.484 e.